The molecule has 0 unspecified atom stereocenters. The van der Waals surface area contributed by atoms with Crippen LogP contribution in [0.15, 0.2) is 36.4 Å². The third-order valence-corrected chi connectivity index (χ3v) is 3.80. The molecular formula is C15H11Cl2N3O4S. The minimum absolute atomic E-state index is 0.110. The van der Waals surface area contributed by atoms with Crippen molar-refractivity contribution in [3.05, 3.63) is 62.1 Å². The molecule has 0 aromatic heterocycles. The molecule has 7 nitrogen and oxygen atoms in total. The number of nitrogens with one attached hydrogen (secondary N) is 2. The Kier molecular flexibility index (Phi) is 6.13. The SMILES string of the molecule is COc1ccc(NC(=S)NC(=O)c2ccc(Cl)cc2Cl)c([N+](=O)[O-])c1. The molecule has 2 rings (SSSR count). The monoisotopic (exact) mass is 399 g/mol. The number of anilines is 1. The van der Waals surface area contributed by atoms with Crippen LogP contribution in [0.3, 0.4) is 0 Å². The fourth-order valence-electron chi connectivity index (χ4n) is 1.89. The maximum absolute atomic E-state index is 12.2. The maximum Gasteiger partial charge on any atom is 0.296 e. The number of thiocarbonyl (C=S) groups is 1. The number of methoxy groups -OCH3 is 1. The van der Waals surface area contributed by atoms with Gasteiger partial charge in [0, 0.05) is 5.02 Å². The summed E-state index contributed by atoms with van der Waals surface area (Å²) in [7, 11) is 1.40. The summed E-state index contributed by atoms with van der Waals surface area (Å²) < 4.78 is 4.95. The van der Waals surface area contributed by atoms with Crippen LogP contribution in [0.2, 0.25) is 10.0 Å². The van der Waals surface area contributed by atoms with Crippen LogP contribution < -0.4 is 15.4 Å². The zero-order valence-corrected chi connectivity index (χ0v) is 15.0. The lowest BCUT2D eigenvalue weighted by atomic mass is 10.2. The summed E-state index contributed by atoms with van der Waals surface area (Å²) in [6, 6.07) is 8.55. The van der Waals surface area contributed by atoms with E-state index in [1.807, 2.05) is 0 Å². The third kappa shape index (κ3) is 4.79. The van der Waals surface area contributed by atoms with Crippen LogP contribution in [0, 0.1) is 10.1 Å². The zero-order chi connectivity index (χ0) is 18.6. The Hall–Kier alpha value is -2.42. The molecule has 2 N–H and O–H groups in total. The second kappa shape index (κ2) is 8.11. The summed E-state index contributed by atoms with van der Waals surface area (Å²) in [6.45, 7) is 0. The summed E-state index contributed by atoms with van der Waals surface area (Å²) in [6.07, 6.45) is 0. The Morgan fingerprint density at radius 2 is 1.96 bits per heavy atom. The van der Waals surface area contributed by atoms with E-state index in [0.29, 0.717) is 10.8 Å². The van der Waals surface area contributed by atoms with E-state index in [1.54, 1.807) is 0 Å². The van der Waals surface area contributed by atoms with Gasteiger partial charge in [-0.2, -0.15) is 0 Å². The van der Waals surface area contributed by atoms with Gasteiger partial charge in [-0.05, 0) is 42.5 Å². The minimum Gasteiger partial charge on any atom is -0.496 e. The molecular weight excluding hydrogens is 389 g/mol. The van der Waals surface area contributed by atoms with Gasteiger partial charge < -0.3 is 10.1 Å². The van der Waals surface area contributed by atoms with Crippen LogP contribution in [0.25, 0.3) is 0 Å². The van der Waals surface area contributed by atoms with E-state index in [2.05, 4.69) is 10.6 Å². The molecule has 130 valence electrons. The number of halogens is 2. The van der Waals surface area contributed by atoms with Crippen molar-refractivity contribution in [2.45, 2.75) is 0 Å². The zero-order valence-electron chi connectivity index (χ0n) is 12.7. The number of carbonyl (C=O) groups excluding carboxylic acids is 1. The first-order valence-corrected chi connectivity index (χ1v) is 7.88. The van der Waals surface area contributed by atoms with Crippen LogP contribution in [0.1, 0.15) is 10.4 Å². The van der Waals surface area contributed by atoms with Gasteiger partial charge in [0.2, 0.25) is 0 Å². The normalized spacial score (nSPS) is 10.0. The summed E-state index contributed by atoms with van der Waals surface area (Å²) >= 11 is 16.8. The van der Waals surface area contributed by atoms with Gasteiger partial charge in [0.1, 0.15) is 11.4 Å². The van der Waals surface area contributed by atoms with Gasteiger partial charge in [0.15, 0.2) is 5.11 Å². The lowest BCUT2D eigenvalue weighted by molar-refractivity contribution is -0.384. The van der Waals surface area contributed by atoms with Crippen molar-refractivity contribution in [2.75, 3.05) is 12.4 Å². The molecule has 0 radical (unpaired) electrons. The van der Waals surface area contributed by atoms with Crippen molar-refractivity contribution >= 4 is 57.8 Å². The minimum atomic E-state index is -0.592. The van der Waals surface area contributed by atoms with Crippen LogP contribution in [-0.2, 0) is 0 Å². The Balaban J connectivity index is 2.15. The topological polar surface area (TPSA) is 93.5 Å². The van der Waals surface area contributed by atoms with Crippen molar-refractivity contribution in [1.82, 2.24) is 5.32 Å². The fraction of sp³-hybridized carbons (Fsp3) is 0.0667. The molecule has 0 saturated heterocycles. The number of nitro groups is 1. The van der Waals surface area contributed by atoms with Gasteiger partial charge >= 0.3 is 0 Å². The van der Waals surface area contributed by atoms with Crippen molar-refractivity contribution in [1.29, 1.82) is 0 Å². The third-order valence-electron chi connectivity index (χ3n) is 3.05. The first-order valence-electron chi connectivity index (χ1n) is 6.71. The van der Waals surface area contributed by atoms with Gasteiger partial charge in [-0.25, -0.2) is 0 Å². The van der Waals surface area contributed by atoms with Crippen LogP contribution in [0.4, 0.5) is 11.4 Å². The lowest BCUT2D eigenvalue weighted by Gasteiger charge is -2.11. The van der Waals surface area contributed by atoms with E-state index >= 15 is 0 Å². The van der Waals surface area contributed by atoms with Gasteiger partial charge in [-0.1, -0.05) is 23.2 Å². The van der Waals surface area contributed by atoms with Crippen molar-refractivity contribution in [2.24, 2.45) is 0 Å². The van der Waals surface area contributed by atoms with E-state index in [9.17, 15) is 14.9 Å². The summed E-state index contributed by atoms with van der Waals surface area (Å²) in [4.78, 5) is 22.7. The summed E-state index contributed by atoms with van der Waals surface area (Å²) in [5.41, 5.74) is 0.0261. The molecule has 25 heavy (non-hydrogen) atoms. The van der Waals surface area contributed by atoms with Crippen molar-refractivity contribution in [3.8, 4) is 5.75 Å². The second-order valence-electron chi connectivity index (χ2n) is 4.67. The Morgan fingerprint density at radius 1 is 1.24 bits per heavy atom. The number of hydrogen-bond donors (Lipinski definition) is 2. The molecule has 1 amide bonds. The van der Waals surface area contributed by atoms with Crippen LogP contribution >= 0.6 is 35.4 Å². The first kappa shape index (κ1) is 18.9. The Bertz CT molecular complexity index is 861. The van der Waals surface area contributed by atoms with Crippen molar-refractivity contribution in [3.63, 3.8) is 0 Å². The molecule has 0 aliphatic rings. The molecule has 0 spiro atoms. The molecule has 0 saturated carbocycles. The number of amides is 1. The van der Waals surface area contributed by atoms with Gasteiger partial charge in [0.25, 0.3) is 11.6 Å². The number of rotatable bonds is 4. The highest BCUT2D eigenvalue weighted by Crippen LogP contribution is 2.29. The molecule has 0 aliphatic carbocycles. The summed E-state index contributed by atoms with van der Waals surface area (Å²) in [5, 5.41) is 16.6. The van der Waals surface area contributed by atoms with E-state index in [1.165, 1.54) is 43.5 Å². The first-order chi connectivity index (χ1) is 11.8. The fourth-order valence-corrected chi connectivity index (χ4v) is 2.59. The Morgan fingerprint density at radius 3 is 2.56 bits per heavy atom. The van der Waals surface area contributed by atoms with Gasteiger partial charge in [-0.3, -0.25) is 20.2 Å². The van der Waals surface area contributed by atoms with E-state index in [-0.39, 0.29) is 27.1 Å². The maximum atomic E-state index is 12.2. The van der Waals surface area contributed by atoms with Gasteiger partial charge in [0.05, 0.1) is 28.7 Å². The molecule has 0 heterocycles. The number of ether oxygens (including phenoxy) is 1. The molecule has 2 aromatic rings. The standard InChI is InChI=1S/C15H11Cl2N3O4S/c1-24-9-3-5-12(13(7-9)20(22)23)18-15(25)19-14(21)10-4-2-8(16)6-11(10)17/h2-7H,1H3,(H2,18,19,21,25). The highest BCUT2D eigenvalue weighted by Gasteiger charge is 2.18. The second-order valence-corrected chi connectivity index (χ2v) is 5.92. The number of nitro benzene ring substituents is 1. The van der Waals surface area contributed by atoms with Crippen LogP contribution in [0.5, 0.6) is 5.75 Å². The average Bonchev–Trinajstić information content (AvgIpc) is 2.54. The predicted octanol–water partition coefficient (Wildman–Crippen LogP) is 4.04. The molecule has 10 heteroatoms. The van der Waals surface area contributed by atoms with E-state index in [0.717, 1.165) is 0 Å². The number of carbonyl (C=O) groups is 1. The van der Waals surface area contributed by atoms with Crippen molar-refractivity contribution < 1.29 is 14.5 Å². The molecule has 0 bridgehead atoms. The molecule has 0 fully saturated rings. The largest absolute Gasteiger partial charge is 0.496 e. The van der Waals surface area contributed by atoms with Crippen LogP contribution in [-0.4, -0.2) is 23.1 Å². The lowest BCUT2D eigenvalue weighted by Crippen LogP contribution is -2.34. The highest BCUT2D eigenvalue weighted by atomic mass is 35.5. The summed E-state index contributed by atoms with van der Waals surface area (Å²) in [5.74, 6) is -0.254. The predicted molar refractivity (Wildman–Crippen MR) is 99.8 cm³/mol. The molecule has 0 aliphatic heterocycles. The smallest absolute Gasteiger partial charge is 0.296 e. The highest BCUT2D eigenvalue weighted by molar-refractivity contribution is 7.80. The average molecular weight is 400 g/mol. The Labute approximate surface area is 158 Å². The molecule has 0 atom stereocenters. The van der Waals surface area contributed by atoms with Gasteiger partial charge in [-0.15, -0.1) is 0 Å². The number of nitrogens with zero attached hydrogens (tertiary/aromatic N) is 1. The number of benzene rings is 2. The quantitative estimate of drug-likeness (QED) is 0.457. The van der Waals surface area contributed by atoms with E-state index < -0.39 is 10.8 Å². The van der Waals surface area contributed by atoms with E-state index in [4.69, 9.17) is 40.2 Å². The number of hydrogen-bond acceptors (Lipinski definition) is 5. The molecule has 2 aromatic carbocycles.